The number of Topliss-reactive ketones (excluding diaryl/α,β-unsaturated/α-hetero) is 1. The molecule has 1 saturated heterocycles. The molecule has 0 radical (unpaired) electrons. The van der Waals surface area contributed by atoms with E-state index in [1.807, 2.05) is 17.5 Å². The fourth-order valence-corrected chi connectivity index (χ4v) is 4.91. The van der Waals surface area contributed by atoms with Gasteiger partial charge in [0.1, 0.15) is 11.5 Å². The number of carbonyl (C=O) groups is 2. The number of ether oxygens (including phenoxy) is 3. The highest BCUT2D eigenvalue weighted by atomic mass is 35.5. The van der Waals surface area contributed by atoms with E-state index in [2.05, 4.69) is 0 Å². The van der Waals surface area contributed by atoms with Crippen LogP contribution < -0.4 is 14.2 Å². The van der Waals surface area contributed by atoms with E-state index in [-0.39, 0.29) is 22.9 Å². The summed E-state index contributed by atoms with van der Waals surface area (Å²) in [6.07, 6.45) is 0. The van der Waals surface area contributed by atoms with Crippen molar-refractivity contribution >= 4 is 40.4 Å². The van der Waals surface area contributed by atoms with Gasteiger partial charge in [-0.2, -0.15) is 0 Å². The van der Waals surface area contributed by atoms with Crippen molar-refractivity contribution < 1.29 is 28.9 Å². The zero-order chi connectivity index (χ0) is 24.4. The number of thiophene rings is 1. The van der Waals surface area contributed by atoms with Gasteiger partial charge in [0.2, 0.25) is 0 Å². The molecule has 1 aliphatic rings. The first kappa shape index (κ1) is 23.7. The van der Waals surface area contributed by atoms with E-state index in [4.69, 9.17) is 25.8 Å². The minimum Gasteiger partial charge on any atom is -0.507 e. The molecule has 34 heavy (non-hydrogen) atoms. The van der Waals surface area contributed by atoms with Gasteiger partial charge < -0.3 is 24.2 Å². The second kappa shape index (κ2) is 9.79. The Morgan fingerprint density at radius 3 is 2.32 bits per heavy atom. The molecule has 3 aromatic rings. The second-order valence-electron chi connectivity index (χ2n) is 7.47. The molecule has 4 rings (SSSR count). The van der Waals surface area contributed by atoms with Gasteiger partial charge in [-0.05, 0) is 47.3 Å². The van der Waals surface area contributed by atoms with Gasteiger partial charge in [-0.1, -0.05) is 23.7 Å². The fraction of sp³-hybridized carbons (Fsp3) is 0.200. The lowest BCUT2D eigenvalue weighted by Gasteiger charge is -2.25. The number of carbonyl (C=O) groups excluding carboxylic acids is 2. The number of amides is 1. The van der Waals surface area contributed by atoms with E-state index in [9.17, 15) is 14.7 Å². The predicted octanol–water partition coefficient (Wildman–Crippen LogP) is 5.05. The summed E-state index contributed by atoms with van der Waals surface area (Å²) in [6.45, 7) is 0.210. The molecule has 1 amide bonds. The Balaban J connectivity index is 1.89. The summed E-state index contributed by atoms with van der Waals surface area (Å²) in [5.41, 5.74) is 0.856. The summed E-state index contributed by atoms with van der Waals surface area (Å²) >= 11 is 7.72. The number of benzene rings is 2. The Hall–Kier alpha value is -3.49. The summed E-state index contributed by atoms with van der Waals surface area (Å²) < 4.78 is 15.9. The first-order chi connectivity index (χ1) is 16.4. The quantitative estimate of drug-likeness (QED) is 0.278. The van der Waals surface area contributed by atoms with E-state index in [0.29, 0.717) is 28.4 Å². The van der Waals surface area contributed by atoms with Crippen LogP contribution in [0.25, 0.3) is 5.76 Å². The standard InChI is InChI=1S/C25H22ClNO6S/c1-31-18-8-7-15(11-17(18)26)23(28)21-22(14-6-9-19(32-2)20(12-14)33-3)27(25(30)24(21)29)13-16-5-4-10-34-16/h4-12,22,28H,13H2,1-3H3/b23-21-. The van der Waals surface area contributed by atoms with Gasteiger partial charge in [-0.3, -0.25) is 9.59 Å². The first-order valence-electron chi connectivity index (χ1n) is 10.3. The minimum atomic E-state index is -0.845. The van der Waals surface area contributed by atoms with Crippen molar-refractivity contribution in [3.63, 3.8) is 0 Å². The number of nitrogens with zero attached hydrogens (tertiary/aromatic N) is 1. The van der Waals surface area contributed by atoms with Crippen LogP contribution in [0.3, 0.4) is 0 Å². The molecule has 2 aromatic carbocycles. The molecule has 0 bridgehead atoms. The smallest absolute Gasteiger partial charge is 0.295 e. The highest BCUT2D eigenvalue weighted by Crippen LogP contribution is 2.43. The molecule has 1 fully saturated rings. The van der Waals surface area contributed by atoms with Gasteiger partial charge >= 0.3 is 0 Å². The van der Waals surface area contributed by atoms with Crippen LogP contribution in [0.4, 0.5) is 0 Å². The van der Waals surface area contributed by atoms with Crippen LogP contribution in [-0.4, -0.2) is 43.0 Å². The highest BCUT2D eigenvalue weighted by molar-refractivity contribution is 7.09. The molecule has 0 aliphatic carbocycles. The summed E-state index contributed by atoms with van der Waals surface area (Å²) in [5, 5.41) is 13.4. The van der Waals surface area contributed by atoms with Gasteiger partial charge in [0.15, 0.2) is 11.5 Å². The van der Waals surface area contributed by atoms with Crippen molar-refractivity contribution in [3.8, 4) is 17.2 Å². The Morgan fingerprint density at radius 1 is 1.00 bits per heavy atom. The van der Waals surface area contributed by atoms with Gasteiger partial charge in [-0.15, -0.1) is 11.3 Å². The topological polar surface area (TPSA) is 85.3 Å². The highest BCUT2D eigenvalue weighted by Gasteiger charge is 2.46. The van der Waals surface area contributed by atoms with E-state index in [0.717, 1.165) is 4.88 Å². The maximum absolute atomic E-state index is 13.2. The van der Waals surface area contributed by atoms with E-state index in [1.165, 1.54) is 43.6 Å². The van der Waals surface area contributed by atoms with Crippen molar-refractivity contribution in [2.75, 3.05) is 21.3 Å². The van der Waals surface area contributed by atoms with Crippen molar-refractivity contribution in [1.82, 2.24) is 4.90 Å². The molecule has 0 spiro atoms. The summed E-state index contributed by atoms with van der Waals surface area (Å²) in [5.74, 6) is -0.433. The Kier molecular flexibility index (Phi) is 6.81. The van der Waals surface area contributed by atoms with Gasteiger partial charge in [-0.25, -0.2) is 0 Å². The van der Waals surface area contributed by atoms with Crippen LogP contribution >= 0.6 is 22.9 Å². The van der Waals surface area contributed by atoms with E-state index < -0.39 is 17.7 Å². The zero-order valence-electron chi connectivity index (χ0n) is 18.7. The maximum Gasteiger partial charge on any atom is 0.295 e. The average Bonchev–Trinajstić information content (AvgIpc) is 3.45. The number of halogens is 1. The number of aliphatic hydroxyl groups is 1. The number of aliphatic hydroxyl groups excluding tert-OH is 1. The lowest BCUT2D eigenvalue weighted by atomic mass is 9.95. The number of hydrogen-bond acceptors (Lipinski definition) is 7. The molecule has 1 aromatic heterocycles. The molecule has 1 unspecified atom stereocenters. The third kappa shape index (κ3) is 4.22. The Morgan fingerprint density at radius 2 is 1.71 bits per heavy atom. The fourth-order valence-electron chi connectivity index (χ4n) is 3.95. The van der Waals surface area contributed by atoms with Crippen LogP contribution in [0.5, 0.6) is 17.2 Å². The molecule has 1 aliphatic heterocycles. The van der Waals surface area contributed by atoms with Crippen molar-refractivity contribution in [1.29, 1.82) is 0 Å². The van der Waals surface area contributed by atoms with Crippen LogP contribution in [0, 0.1) is 0 Å². The monoisotopic (exact) mass is 499 g/mol. The Bertz CT molecular complexity index is 1270. The third-order valence-corrected chi connectivity index (χ3v) is 6.75. The number of methoxy groups -OCH3 is 3. The van der Waals surface area contributed by atoms with Gasteiger partial charge in [0.25, 0.3) is 11.7 Å². The second-order valence-corrected chi connectivity index (χ2v) is 8.91. The molecule has 176 valence electrons. The molecule has 9 heteroatoms. The van der Waals surface area contributed by atoms with Crippen molar-refractivity contribution in [2.45, 2.75) is 12.6 Å². The van der Waals surface area contributed by atoms with E-state index >= 15 is 0 Å². The lowest BCUT2D eigenvalue weighted by molar-refractivity contribution is -0.140. The SMILES string of the molecule is COc1ccc(/C(O)=C2/C(=O)C(=O)N(Cc3cccs3)C2c2ccc(OC)c(OC)c2)cc1Cl. The molecule has 1 N–H and O–H groups in total. The van der Waals surface area contributed by atoms with Crippen LogP contribution in [0.15, 0.2) is 59.5 Å². The molecular weight excluding hydrogens is 478 g/mol. The number of likely N-dealkylation sites (tertiary alicyclic amines) is 1. The molecular formula is C25H22ClNO6S. The Labute approximate surface area is 205 Å². The normalized spacial score (nSPS) is 17.2. The summed E-state index contributed by atoms with van der Waals surface area (Å²) in [6, 6.07) is 12.7. The average molecular weight is 500 g/mol. The zero-order valence-corrected chi connectivity index (χ0v) is 20.3. The largest absolute Gasteiger partial charge is 0.507 e. The van der Waals surface area contributed by atoms with Crippen molar-refractivity contribution in [2.24, 2.45) is 0 Å². The molecule has 1 atom stereocenters. The number of rotatable bonds is 7. The van der Waals surface area contributed by atoms with Crippen LogP contribution in [0.2, 0.25) is 5.02 Å². The minimum absolute atomic E-state index is 0.0324. The van der Waals surface area contributed by atoms with Gasteiger partial charge in [0, 0.05) is 10.4 Å². The molecule has 2 heterocycles. The van der Waals surface area contributed by atoms with Crippen LogP contribution in [0.1, 0.15) is 22.0 Å². The van der Waals surface area contributed by atoms with Crippen molar-refractivity contribution in [3.05, 3.63) is 80.5 Å². The number of hydrogen-bond donors (Lipinski definition) is 1. The maximum atomic E-state index is 13.2. The third-order valence-electron chi connectivity index (χ3n) is 5.59. The van der Waals surface area contributed by atoms with Gasteiger partial charge in [0.05, 0.1) is 44.5 Å². The van der Waals surface area contributed by atoms with Crippen LogP contribution in [-0.2, 0) is 16.1 Å². The summed E-state index contributed by atoms with van der Waals surface area (Å²) in [7, 11) is 4.51. The summed E-state index contributed by atoms with van der Waals surface area (Å²) in [4.78, 5) is 28.7. The first-order valence-corrected chi connectivity index (χ1v) is 11.5. The molecule has 0 saturated carbocycles. The van der Waals surface area contributed by atoms with E-state index in [1.54, 1.807) is 30.3 Å². The predicted molar refractivity (Wildman–Crippen MR) is 130 cm³/mol. The lowest BCUT2D eigenvalue weighted by Crippen LogP contribution is -2.28. The number of ketones is 1. The molecule has 7 nitrogen and oxygen atoms in total.